The van der Waals surface area contributed by atoms with Gasteiger partial charge in [-0.15, -0.1) is 0 Å². The number of likely N-dealkylation sites (tertiary alicyclic amines) is 1. The molecule has 0 radical (unpaired) electrons. The lowest BCUT2D eigenvalue weighted by Crippen LogP contribution is -2.29. The lowest BCUT2D eigenvalue weighted by Gasteiger charge is -2.15. The normalized spacial score (nSPS) is 15.6. The number of rotatable bonds is 4. The third kappa shape index (κ3) is 3.07. The van der Waals surface area contributed by atoms with Crippen molar-refractivity contribution < 1.29 is 9.53 Å². The lowest BCUT2D eigenvalue weighted by molar-refractivity contribution is -0.128. The highest BCUT2D eigenvalue weighted by Gasteiger charge is 2.19. The quantitative estimate of drug-likeness (QED) is 0.622. The van der Waals surface area contributed by atoms with Crippen LogP contribution < -0.4 is 4.74 Å². The molecule has 1 aliphatic rings. The van der Waals surface area contributed by atoms with Gasteiger partial charge >= 0.3 is 0 Å². The van der Waals surface area contributed by atoms with Gasteiger partial charge in [0.15, 0.2) is 0 Å². The van der Waals surface area contributed by atoms with Crippen molar-refractivity contribution in [2.75, 3.05) is 19.7 Å². The lowest BCUT2D eigenvalue weighted by atomic mass is 10.4. The van der Waals surface area contributed by atoms with Crippen LogP contribution in [0.3, 0.4) is 0 Å². The summed E-state index contributed by atoms with van der Waals surface area (Å²) in [6, 6.07) is 3.79. The first-order valence-corrected chi connectivity index (χ1v) is 6.36. The molecule has 1 fully saturated rings. The summed E-state index contributed by atoms with van der Waals surface area (Å²) in [6.45, 7) is 2.08. The van der Waals surface area contributed by atoms with Gasteiger partial charge in [-0.2, -0.15) is 0 Å². The Hall–Kier alpha value is -0.850. The van der Waals surface area contributed by atoms with E-state index in [-0.39, 0.29) is 5.91 Å². The van der Waals surface area contributed by atoms with Gasteiger partial charge in [0.1, 0.15) is 16.1 Å². The molecule has 0 bridgehead atoms. The number of carbonyl (C=O) groups is 1. The van der Waals surface area contributed by atoms with Gasteiger partial charge in [-0.05, 0) is 41.1 Å². The summed E-state index contributed by atoms with van der Waals surface area (Å²) in [5.41, 5.74) is 0. The number of hydrogen-bond donors (Lipinski definition) is 0. The molecule has 2 rings (SSSR count). The second-order valence-electron chi connectivity index (χ2n) is 3.65. The average molecular weight is 332 g/mol. The van der Waals surface area contributed by atoms with E-state index in [0.29, 0.717) is 19.6 Å². The van der Waals surface area contributed by atoms with E-state index in [0.717, 1.165) is 22.4 Å². The van der Waals surface area contributed by atoms with Crippen molar-refractivity contribution in [2.45, 2.75) is 12.8 Å². The van der Waals surface area contributed by atoms with Crippen LogP contribution in [0.1, 0.15) is 12.8 Å². The number of nitrogens with zero attached hydrogens (tertiary/aromatic N) is 2. The molecule has 0 unspecified atom stereocenters. The molecular weight excluding hydrogens is 319 g/mol. The molecule has 16 heavy (non-hydrogen) atoms. The van der Waals surface area contributed by atoms with Crippen LogP contribution in [0.15, 0.2) is 18.3 Å². The van der Waals surface area contributed by atoms with E-state index in [4.69, 9.17) is 4.74 Å². The second-order valence-corrected chi connectivity index (χ2v) is 4.75. The van der Waals surface area contributed by atoms with Gasteiger partial charge in [0.25, 0.3) is 0 Å². The fourth-order valence-electron chi connectivity index (χ4n) is 1.66. The van der Waals surface area contributed by atoms with E-state index < -0.39 is 0 Å². The Bertz CT molecular complexity index is 367. The summed E-state index contributed by atoms with van der Waals surface area (Å²) < 4.78 is 6.46. The first kappa shape index (κ1) is 11.6. The molecule has 0 atom stereocenters. The molecule has 4 nitrogen and oxygen atoms in total. The topological polar surface area (TPSA) is 42.4 Å². The smallest absolute Gasteiger partial charge is 0.222 e. The maximum absolute atomic E-state index is 11.3. The number of hydrogen-bond acceptors (Lipinski definition) is 3. The highest BCUT2D eigenvalue weighted by molar-refractivity contribution is 14.1. The number of aromatic nitrogens is 1. The van der Waals surface area contributed by atoms with Crippen LogP contribution >= 0.6 is 22.6 Å². The molecule has 0 aromatic carbocycles. The molecule has 0 N–H and O–H groups in total. The van der Waals surface area contributed by atoms with Crippen molar-refractivity contribution in [2.24, 2.45) is 0 Å². The number of carbonyl (C=O) groups excluding carboxylic acids is 1. The number of halogens is 1. The van der Waals surface area contributed by atoms with Crippen molar-refractivity contribution in [3.05, 3.63) is 22.0 Å². The standard InChI is InChI=1S/C11H13IN2O2/c12-10-4-3-9(8-13-10)16-7-6-14-5-1-2-11(14)15/h3-4,8H,1-2,5-7H2. The third-order valence-electron chi connectivity index (χ3n) is 2.50. The number of pyridine rings is 1. The summed E-state index contributed by atoms with van der Waals surface area (Å²) in [7, 11) is 0. The fourth-order valence-corrected chi connectivity index (χ4v) is 1.98. The predicted molar refractivity (Wildman–Crippen MR) is 68.3 cm³/mol. The summed E-state index contributed by atoms with van der Waals surface area (Å²) in [5, 5.41) is 0. The zero-order valence-electron chi connectivity index (χ0n) is 8.86. The van der Waals surface area contributed by atoms with Crippen LogP contribution in [0, 0.1) is 3.70 Å². The zero-order valence-corrected chi connectivity index (χ0v) is 11.0. The van der Waals surface area contributed by atoms with E-state index in [1.807, 2.05) is 17.0 Å². The zero-order chi connectivity index (χ0) is 11.4. The minimum atomic E-state index is 0.240. The van der Waals surface area contributed by atoms with Gasteiger partial charge in [0.2, 0.25) is 5.91 Å². The number of amides is 1. The van der Waals surface area contributed by atoms with Crippen molar-refractivity contribution in [3.63, 3.8) is 0 Å². The van der Waals surface area contributed by atoms with Crippen LogP contribution in [0.25, 0.3) is 0 Å². The van der Waals surface area contributed by atoms with E-state index in [9.17, 15) is 4.79 Å². The van der Waals surface area contributed by atoms with Gasteiger partial charge in [-0.3, -0.25) is 4.79 Å². The van der Waals surface area contributed by atoms with Crippen molar-refractivity contribution in [3.8, 4) is 5.75 Å². The van der Waals surface area contributed by atoms with Crippen LogP contribution in [-0.4, -0.2) is 35.5 Å². The Balaban J connectivity index is 1.75. The largest absolute Gasteiger partial charge is 0.490 e. The molecule has 0 spiro atoms. The third-order valence-corrected chi connectivity index (χ3v) is 3.14. The van der Waals surface area contributed by atoms with Crippen molar-refractivity contribution in [1.82, 2.24) is 9.88 Å². The van der Waals surface area contributed by atoms with Crippen molar-refractivity contribution >= 4 is 28.5 Å². The first-order chi connectivity index (χ1) is 7.75. The summed E-state index contributed by atoms with van der Waals surface area (Å²) in [6.07, 6.45) is 3.36. The molecule has 1 aromatic rings. The predicted octanol–water partition coefficient (Wildman–Crippen LogP) is 1.69. The molecule has 1 aliphatic heterocycles. The molecule has 1 amide bonds. The Morgan fingerprint density at radius 2 is 2.38 bits per heavy atom. The van der Waals surface area contributed by atoms with Crippen LogP contribution in [0.5, 0.6) is 5.75 Å². The molecule has 1 saturated heterocycles. The summed E-state index contributed by atoms with van der Waals surface area (Å²) >= 11 is 2.15. The molecule has 2 heterocycles. The van der Waals surface area contributed by atoms with Crippen molar-refractivity contribution in [1.29, 1.82) is 0 Å². The Morgan fingerprint density at radius 1 is 1.50 bits per heavy atom. The Morgan fingerprint density at radius 3 is 3.00 bits per heavy atom. The fraction of sp³-hybridized carbons (Fsp3) is 0.455. The van der Waals surface area contributed by atoms with E-state index in [1.165, 1.54) is 0 Å². The second kappa shape index (κ2) is 5.47. The van der Waals surface area contributed by atoms with Gasteiger partial charge in [0, 0.05) is 13.0 Å². The molecular formula is C11H13IN2O2. The van der Waals surface area contributed by atoms with E-state index in [1.54, 1.807) is 6.20 Å². The number of ether oxygens (including phenoxy) is 1. The summed E-state index contributed by atoms with van der Waals surface area (Å²) in [5.74, 6) is 0.997. The monoisotopic (exact) mass is 332 g/mol. The van der Waals surface area contributed by atoms with Crippen LogP contribution in [0.2, 0.25) is 0 Å². The highest BCUT2D eigenvalue weighted by atomic mass is 127. The summed E-state index contributed by atoms with van der Waals surface area (Å²) in [4.78, 5) is 17.3. The Labute approximate surface area is 108 Å². The highest BCUT2D eigenvalue weighted by Crippen LogP contribution is 2.12. The Kier molecular flexibility index (Phi) is 3.98. The average Bonchev–Trinajstić information content (AvgIpc) is 2.68. The van der Waals surface area contributed by atoms with Crippen LogP contribution in [-0.2, 0) is 4.79 Å². The first-order valence-electron chi connectivity index (χ1n) is 5.28. The van der Waals surface area contributed by atoms with E-state index >= 15 is 0 Å². The SMILES string of the molecule is O=C1CCCN1CCOc1ccc(I)nc1. The molecule has 0 aliphatic carbocycles. The molecule has 5 heteroatoms. The van der Waals surface area contributed by atoms with Crippen LogP contribution in [0.4, 0.5) is 0 Å². The maximum Gasteiger partial charge on any atom is 0.222 e. The van der Waals surface area contributed by atoms with E-state index in [2.05, 4.69) is 27.6 Å². The minimum absolute atomic E-state index is 0.240. The maximum atomic E-state index is 11.3. The van der Waals surface area contributed by atoms with Gasteiger partial charge < -0.3 is 9.64 Å². The molecule has 86 valence electrons. The molecule has 0 saturated carbocycles. The molecule has 1 aromatic heterocycles. The minimum Gasteiger partial charge on any atom is -0.490 e. The van der Waals surface area contributed by atoms with Gasteiger partial charge in [-0.1, -0.05) is 0 Å². The van der Waals surface area contributed by atoms with Gasteiger partial charge in [0.05, 0.1) is 12.7 Å². The van der Waals surface area contributed by atoms with Gasteiger partial charge in [-0.25, -0.2) is 4.98 Å².